The van der Waals surface area contributed by atoms with Gasteiger partial charge in [-0.15, -0.1) is 5.73 Å². The van der Waals surface area contributed by atoms with Crippen molar-refractivity contribution < 1.29 is 0 Å². The van der Waals surface area contributed by atoms with Gasteiger partial charge in [0.2, 0.25) is 0 Å². The first-order chi connectivity index (χ1) is 29.8. The van der Waals surface area contributed by atoms with Crippen LogP contribution in [0.2, 0.25) is 0 Å². The molecule has 0 unspecified atom stereocenters. The number of nitrogens with one attached hydrogen (secondary N) is 1. The highest BCUT2D eigenvalue weighted by atomic mass is 14.7. The molecule has 0 aliphatic heterocycles. The van der Waals surface area contributed by atoms with Crippen LogP contribution in [0, 0.1) is 5.41 Å². The number of nitrogens with two attached hydrogens (primary N) is 2. The smallest absolute Gasteiger partial charge is 0.0715 e. The minimum atomic E-state index is 0.421. The van der Waals surface area contributed by atoms with Gasteiger partial charge in [-0.1, -0.05) is 160 Å². The first-order valence-corrected chi connectivity index (χ1v) is 20.9. The van der Waals surface area contributed by atoms with Crippen molar-refractivity contribution in [3.8, 4) is 33.6 Å². The Hall–Kier alpha value is -7.52. The molecule has 7 rings (SSSR count). The topological polar surface area (TPSA) is 88.8 Å². The van der Waals surface area contributed by atoms with Gasteiger partial charge in [-0.3, -0.25) is 0 Å². The average Bonchev–Trinajstić information content (AvgIpc) is 3.51. The highest BCUT2D eigenvalue weighted by molar-refractivity contribution is 6.10. The van der Waals surface area contributed by atoms with Crippen LogP contribution in [0.1, 0.15) is 49.4 Å². The molecule has 0 amide bonds. The van der Waals surface area contributed by atoms with E-state index in [0.29, 0.717) is 5.71 Å². The third-order valence-electron chi connectivity index (χ3n) is 10.5. The molecule has 1 heterocycles. The van der Waals surface area contributed by atoms with Gasteiger partial charge in [0, 0.05) is 22.4 Å². The van der Waals surface area contributed by atoms with Crippen LogP contribution in [-0.2, 0) is 12.8 Å². The van der Waals surface area contributed by atoms with Crippen LogP contribution < -0.4 is 21.9 Å². The largest absolute Gasteiger partial charge is 0.405 e. The number of hydrogen-bond acceptors (Lipinski definition) is 4. The number of para-hydroxylation sites is 1. The summed E-state index contributed by atoms with van der Waals surface area (Å²) in [5, 5.41) is 10.6. The number of allylic oxidation sites excluding steroid dienone is 10. The summed E-state index contributed by atoms with van der Waals surface area (Å²) in [5.74, 6) is 0. The molecule has 0 spiro atoms. The second kappa shape index (κ2) is 21.5. The Kier molecular flexibility index (Phi) is 15.2. The van der Waals surface area contributed by atoms with Crippen molar-refractivity contribution in [2.75, 3.05) is 5.73 Å². The van der Waals surface area contributed by atoms with Gasteiger partial charge < -0.3 is 16.9 Å². The maximum atomic E-state index is 8.49. The van der Waals surface area contributed by atoms with Gasteiger partial charge in [0.25, 0.3) is 0 Å². The van der Waals surface area contributed by atoms with Gasteiger partial charge in [0.15, 0.2) is 0 Å². The maximum Gasteiger partial charge on any atom is 0.0715 e. The van der Waals surface area contributed by atoms with E-state index in [2.05, 4.69) is 135 Å². The fourth-order valence-corrected chi connectivity index (χ4v) is 7.03. The lowest BCUT2D eigenvalue weighted by atomic mass is 9.95. The molecule has 1 aliphatic rings. The summed E-state index contributed by atoms with van der Waals surface area (Å²) < 4.78 is 0. The molecule has 5 aromatic carbocycles. The van der Waals surface area contributed by atoms with Crippen LogP contribution in [0.5, 0.6) is 0 Å². The number of aryl methyl sites for hydroxylation is 2. The maximum absolute atomic E-state index is 8.49. The van der Waals surface area contributed by atoms with Gasteiger partial charge in [-0.05, 0) is 136 Å². The molecule has 0 saturated carbocycles. The van der Waals surface area contributed by atoms with Crippen molar-refractivity contribution in [2.24, 2.45) is 5.73 Å². The van der Waals surface area contributed by atoms with Crippen LogP contribution in [0.25, 0.3) is 57.4 Å². The molecule has 4 heteroatoms. The molecular formula is C57H54N4. The van der Waals surface area contributed by atoms with Crippen molar-refractivity contribution in [1.29, 1.82) is 5.41 Å². The average molecular weight is 795 g/mol. The quantitative estimate of drug-likeness (QED) is 0.0655. The third-order valence-corrected chi connectivity index (χ3v) is 10.5. The van der Waals surface area contributed by atoms with Crippen LogP contribution in [0.15, 0.2) is 200 Å². The van der Waals surface area contributed by atoms with Crippen molar-refractivity contribution in [3.63, 3.8) is 0 Å². The van der Waals surface area contributed by atoms with E-state index in [9.17, 15) is 0 Å². The van der Waals surface area contributed by atoms with Crippen molar-refractivity contribution in [3.05, 3.63) is 232 Å². The number of pyridine rings is 1. The van der Waals surface area contributed by atoms with Crippen LogP contribution in [0.3, 0.4) is 0 Å². The molecule has 302 valence electrons. The van der Waals surface area contributed by atoms with Gasteiger partial charge in [0.05, 0.1) is 17.1 Å². The lowest BCUT2D eigenvalue weighted by molar-refractivity contribution is 0.822. The molecule has 0 radical (unpaired) electrons. The SMILES string of the molecule is C=c1cccc/c1=C/C=C(\C)c1ccc(-c2cc(-c3ccc(C(/C=C4\C=C=CC=CC4=N)=C/C=C\N)cc3)cc(-c3ccc(CCCc4ccccc4N)cc3)n2)cc1.CC. The number of anilines is 1. The lowest BCUT2D eigenvalue weighted by Gasteiger charge is -2.12. The van der Waals surface area contributed by atoms with E-state index >= 15 is 0 Å². The van der Waals surface area contributed by atoms with Crippen molar-refractivity contribution in [1.82, 2.24) is 4.98 Å². The Balaban J connectivity index is 0.00000307. The van der Waals surface area contributed by atoms with E-state index < -0.39 is 0 Å². The fourth-order valence-electron chi connectivity index (χ4n) is 7.03. The van der Waals surface area contributed by atoms with E-state index in [4.69, 9.17) is 21.9 Å². The number of benzene rings is 5. The summed E-state index contributed by atoms with van der Waals surface area (Å²) in [6.07, 6.45) is 21.7. The first kappa shape index (κ1) is 43.1. The fraction of sp³-hybridized carbons (Fsp3) is 0.105. The Morgan fingerprint density at radius 1 is 0.738 bits per heavy atom. The third kappa shape index (κ3) is 11.6. The molecule has 0 fully saturated rings. The zero-order chi connectivity index (χ0) is 43.0. The van der Waals surface area contributed by atoms with Crippen LogP contribution >= 0.6 is 0 Å². The van der Waals surface area contributed by atoms with Crippen molar-refractivity contribution in [2.45, 2.75) is 40.0 Å². The summed E-state index contributed by atoms with van der Waals surface area (Å²) in [6, 6.07) is 46.6. The zero-order valence-corrected chi connectivity index (χ0v) is 35.4. The second-order valence-electron chi connectivity index (χ2n) is 14.6. The molecule has 0 atom stereocenters. The monoisotopic (exact) mass is 794 g/mol. The molecule has 61 heavy (non-hydrogen) atoms. The van der Waals surface area contributed by atoms with Crippen molar-refractivity contribution >= 4 is 35.2 Å². The van der Waals surface area contributed by atoms with Gasteiger partial charge in [-0.2, -0.15) is 0 Å². The summed E-state index contributed by atoms with van der Waals surface area (Å²) in [7, 11) is 0. The number of nitrogen functional groups attached to an aromatic ring is 1. The molecule has 4 nitrogen and oxygen atoms in total. The normalized spacial score (nSPS) is 13.7. The molecule has 1 aliphatic carbocycles. The second-order valence-corrected chi connectivity index (χ2v) is 14.6. The summed E-state index contributed by atoms with van der Waals surface area (Å²) >= 11 is 0. The molecule has 0 bridgehead atoms. The molecule has 5 N–H and O–H groups in total. The van der Waals surface area contributed by atoms with E-state index in [-0.39, 0.29) is 0 Å². The highest BCUT2D eigenvalue weighted by Gasteiger charge is 2.12. The van der Waals surface area contributed by atoms with Crippen LogP contribution in [0.4, 0.5) is 5.69 Å². The Labute approximate surface area is 361 Å². The van der Waals surface area contributed by atoms with E-state index in [1.807, 2.05) is 74.6 Å². The van der Waals surface area contributed by atoms with Gasteiger partial charge >= 0.3 is 0 Å². The minimum absolute atomic E-state index is 0.421. The standard InChI is InChI=1S/C55H48N4.C2H6/c1-39-12-6-7-14-42(39)24-21-40(2)43-27-33-48(34-28-43)55-38-51(37-54(59-55)47-25-22-41(23-26-47)13-10-17-46-15-8-9-20-52(46)57)45-31-29-44(30-32-45)49(18-11-35-56)36-50-16-4-3-5-19-53(50)58;1-2/h3,5-9,11-12,14-16,18-38,58H,1,10,13,17,56-57H2,2H3;1-2H3/b35-11-,40-21+,42-24-,49-18+,50-36+,58-53?;. The Bertz CT molecular complexity index is 2810. The minimum Gasteiger partial charge on any atom is -0.405 e. The lowest BCUT2D eigenvalue weighted by Crippen LogP contribution is -2.21. The predicted octanol–water partition coefficient (Wildman–Crippen LogP) is 12.2. The molecule has 1 aromatic heterocycles. The van der Waals surface area contributed by atoms with Gasteiger partial charge in [-0.25, -0.2) is 4.98 Å². The zero-order valence-electron chi connectivity index (χ0n) is 35.4. The van der Waals surface area contributed by atoms with Crippen LogP contribution in [-0.4, -0.2) is 10.7 Å². The number of hydrogen-bond donors (Lipinski definition) is 3. The van der Waals surface area contributed by atoms with E-state index in [1.165, 1.54) is 22.9 Å². The molecule has 6 aromatic rings. The summed E-state index contributed by atoms with van der Waals surface area (Å²) in [6.45, 7) is 10.3. The number of aromatic nitrogens is 1. The summed E-state index contributed by atoms with van der Waals surface area (Å²) in [4.78, 5) is 5.24. The van der Waals surface area contributed by atoms with Gasteiger partial charge in [0.1, 0.15) is 0 Å². The number of rotatable bonds is 12. The Morgan fingerprint density at radius 2 is 1.38 bits per heavy atom. The number of nitrogens with zero attached hydrogens (tertiary/aromatic N) is 1. The van der Waals surface area contributed by atoms with E-state index in [1.54, 1.807) is 12.2 Å². The Morgan fingerprint density at radius 3 is 2.07 bits per heavy atom. The highest BCUT2D eigenvalue weighted by Crippen LogP contribution is 2.32. The predicted molar refractivity (Wildman–Crippen MR) is 263 cm³/mol. The van der Waals surface area contributed by atoms with E-state index in [0.717, 1.165) is 91.3 Å². The molecular weight excluding hydrogens is 741 g/mol. The summed E-state index contributed by atoms with van der Waals surface area (Å²) in [5.41, 5.74) is 29.9. The first-order valence-electron chi connectivity index (χ1n) is 20.9. The molecule has 0 saturated heterocycles.